The molecule has 12 heteroatoms. The minimum atomic E-state index is -1.04. The van der Waals surface area contributed by atoms with Crippen molar-refractivity contribution in [3.05, 3.63) is 35.9 Å². The predicted octanol–water partition coefficient (Wildman–Crippen LogP) is 9.41. The first kappa shape index (κ1) is 51.9. The molecular weight excluding hydrogens is 805 g/mol. The van der Waals surface area contributed by atoms with E-state index in [-0.39, 0.29) is 71.5 Å². The smallest absolute Gasteiger partial charge is 0.405 e. The fourth-order valence-electron chi connectivity index (χ4n) is 11.3. The molecule has 1 aromatic carbocycles. The van der Waals surface area contributed by atoms with E-state index >= 15 is 0 Å². The zero-order chi connectivity index (χ0) is 47.0. The molecule has 2 N–H and O–H groups in total. The summed E-state index contributed by atoms with van der Waals surface area (Å²) in [5.74, 6) is -1.26. The third kappa shape index (κ3) is 13.1. The highest BCUT2D eigenvalue weighted by atomic mass is 16.7. The van der Waals surface area contributed by atoms with Gasteiger partial charge in [0.05, 0.1) is 29.5 Å². The van der Waals surface area contributed by atoms with E-state index in [4.69, 9.17) is 14.0 Å². The first-order valence-corrected chi connectivity index (χ1v) is 25.2. The molecule has 0 aromatic heterocycles. The molecule has 3 aliphatic carbocycles. The Morgan fingerprint density at radius 2 is 1.47 bits per heavy atom. The monoisotopic (exact) mass is 890 g/mol. The standard InChI is InChI=1S/C52H84BN3O8/c1-12-14-17-23-39(31-46(59)56-27-25-38(26-28-56)37-21-19-16-20-22-37)49(61)55-47(36(5)62-50(6,7)8)43(58)29-34(3)48(60)54-41(24-18-15-13-2)42(57)30-35(4)53-63-45-33-40-32-44(51(40,9)10)52(45,11)64-53/h16,19-22,34-36,38-41,44-45,47H,12-15,17-18,23-33H2,1-11H3,(H,54,60)(H,55,61)/t34-,35-,36-,39-,40+,41+,44+,45-,47+,52+/m1/s1. The maximum absolute atomic E-state index is 14.3. The molecule has 2 heterocycles. The number of nitrogens with one attached hydrogen (secondary N) is 2. The second-order valence-electron chi connectivity index (χ2n) is 22.0. The van der Waals surface area contributed by atoms with Crippen molar-refractivity contribution < 1.29 is 38.0 Å². The van der Waals surface area contributed by atoms with Crippen LogP contribution in [0.1, 0.15) is 184 Å². The molecule has 11 nitrogen and oxygen atoms in total. The lowest BCUT2D eigenvalue weighted by Crippen LogP contribution is -2.65. The summed E-state index contributed by atoms with van der Waals surface area (Å²) in [6.07, 6.45) is 9.76. The van der Waals surface area contributed by atoms with Gasteiger partial charge in [-0.2, -0.15) is 0 Å². The average molecular weight is 890 g/mol. The van der Waals surface area contributed by atoms with Crippen molar-refractivity contribution in [1.29, 1.82) is 0 Å². The van der Waals surface area contributed by atoms with Crippen molar-refractivity contribution in [3.8, 4) is 0 Å². The van der Waals surface area contributed by atoms with Crippen LogP contribution in [0.4, 0.5) is 0 Å². The molecule has 1 aromatic rings. The van der Waals surface area contributed by atoms with Crippen LogP contribution in [0.2, 0.25) is 5.82 Å². The summed E-state index contributed by atoms with van der Waals surface area (Å²) in [4.78, 5) is 72.2. The summed E-state index contributed by atoms with van der Waals surface area (Å²) in [5.41, 5.74) is 0.537. The number of nitrogens with zero attached hydrogens (tertiary/aromatic N) is 1. The molecule has 3 saturated carbocycles. The van der Waals surface area contributed by atoms with E-state index in [1.807, 2.05) is 38.7 Å². The lowest BCUT2D eigenvalue weighted by atomic mass is 9.43. The van der Waals surface area contributed by atoms with Crippen molar-refractivity contribution in [2.45, 2.75) is 220 Å². The Morgan fingerprint density at radius 1 is 0.828 bits per heavy atom. The van der Waals surface area contributed by atoms with E-state index in [9.17, 15) is 24.0 Å². The van der Waals surface area contributed by atoms with Crippen molar-refractivity contribution in [2.24, 2.45) is 29.1 Å². The number of hydrogen-bond donors (Lipinski definition) is 2. The van der Waals surface area contributed by atoms with E-state index in [0.717, 1.165) is 64.2 Å². The molecule has 3 amide bonds. The van der Waals surface area contributed by atoms with Crippen LogP contribution >= 0.6 is 0 Å². The van der Waals surface area contributed by atoms with E-state index < -0.39 is 42.7 Å². The van der Waals surface area contributed by atoms with E-state index in [1.54, 1.807) is 13.8 Å². The van der Waals surface area contributed by atoms with Gasteiger partial charge in [0.1, 0.15) is 6.04 Å². The Balaban J connectivity index is 1.21. The Morgan fingerprint density at radius 3 is 2.08 bits per heavy atom. The Labute approximate surface area is 386 Å². The number of piperidine rings is 1. The van der Waals surface area contributed by atoms with Crippen molar-refractivity contribution in [3.63, 3.8) is 0 Å². The van der Waals surface area contributed by atoms with Crippen LogP contribution in [0.3, 0.4) is 0 Å². The van der Waals surface area contributed by atoms with Crippen molar-refractivity contribution in [1.82, 2.24) is 15.5 Å². The van der Waals surface area contributed by atoms with E-state index in [2.05, 4.69) is 69.5 Å². The maximum atomic E-state index is 14.3. The zero-order valence-electron chi connectivity index (χ0n) is 41.5. The Kier molecular flexibility index (Phi) is 18.3. The number of rotatable bonds is 24. The maximum Gasteiger partial charge on any atom is 0.461 e. The lowest BCUT2D eigenvalue weighted by molar-refractivity contribution is -0.199. The van der Waals surface area contributed by atoms with Gasteiger partial charge in [-0.15, -0.1) is 0 Å². The van der Waals surface area contributed by atoms with Gasteiger partial charge in [0.25, 0.3) is 0 Å². The van der Waals surface area contributed by atoms with Gasteiger partial charge in [0, 0.05) is 44.2 Å². The number of Topliss-reactive ketones (excluding diaryl/α,β-unsaturated/α-hetero) is 2. The normalized spacial score (nSPS) is 25.8. The Hall–Kier alpha value is -3.09. The van der Waals surface area contributed by atoms with Crippen LogP contribution in [0.25, 0.3) is 0 Å². The topological polar surface area (TPSA) is 140 Å². The quantitative estimate of drug-likeness (QED) is 0.0774. The highest BCUT2D eigenvalue weighted by Gasteiger charge is 2.68. The number of benzene rings is 1. The van der Waals surface area contributed by atoms with Crippen LogP contribution in [0, 0.1) is 29.1 Å². The number of likely N-dealkylation sites (tertiary alicyclic amines) is 1. The van der Waals surface area contributed by atoms with Crippen LogP contribution in [0.15, 0.2) is 30.3 Å². The fourth-order valence-corrected chi connectivity index (χ4v) is 11.3. The second kappa shape index (κ2) is 22.6. The third-order valence-electron chi connectivity index (χ3n) is 15.4. The molecule has 2 saturated heterocycles. The van der Waals surface area contributed by atoms with Crippen LogP contribution in [-0.4, -0.2) is 89.9 Å². The minimum Gasteiger partial charge on any atom is -0.405 e. The van der Waals surface area contributed by atoms with Gasteiger partial charge in [0.15, 0.2) is 11.6 Å². The molecule has 2 bridgehead atoms. The van der Waals surface area contributed by atoms with E-state index in [0.29, 0.717) is 43.7 Å². The first-order valence-electron chi connectivity index (χ1n) is 25.2. The molecule has 10 atom stereocenters. The number of hydrogen-bond acceptors (Lipinski definition) is 8. The molecule has 358 valence electrons. The molecule has 0 spiro atoms. The summed E-state index contributed by atoms with van der Waals surface area (Å²) < 4.78 is 19.5. The summed E-state index contributed by atoms with van der Waals surface area (Å²) in [7, 11) is -0.482. The highest BCUT2D eigenvalue weighted by molar-refractivity contribution is 6.47. The molecule has 5 aliphatic rings. The summed E-state index contributed by atoms with van der Waals surface area (Å²) in [5, 5.41) is 6.06. The largest absolute Gasteiger partial charge is 0.461 e. The fraction of sp³-hybridized carbons (Fsp3) is 0.788. The Bertz CT molecular complexity index is 1730. The number of carbonyl (C=O) groups is 5. The lowest BCUT2D eigenvalue weighted by Gasteiger charge is -2.64. The summed E-state index contributed by atoms with van der Waals surface area (Å²) in [6.45, 7) is 23.5. The minimum absolute atomic E-state index is 0.0261. The second-order valence-corrected chi connectivity index (χ2v) is 22.0. The molecule has 5 fully saturated rings. The van der Waals surface area contributed by atoms with Gasteiger partial charge in [-0.25, -0.2) is 0 Å². The molecular formula is C52H84BN3O8. The van der Waals surface area contributed by atoms with Crippen molar-refractivity contribution >= 4 is 36.4 Å². The number of carbonyl (C=O) groups excluding carboxylic acids is 5. The average Bonchev–Trinajstić information content (AvgIpc) is 3.62. The van der Waals surface area contributed by atoms with Gasteiger partial charge in [-0.3, -0.25) is 24.0 Å². The number of ether oxygens (including phenoxy) is 1. The van der Waals surface area contributed by atoms with Gasteiger partial charge in [-0.05, 0) is 108 Å². The van der Waals surface area contributed by atoms with Crippen LogP contribution in [0.5, 0.6) is 0 Å². The van der Waals surface area contributed by atoms with Crippen LogP contribution < -0.4 is 10.6 Å². The number of unbranched alkanes of at least 4 members (excludes halogenated alkanes) is 4. The SMILES string of the molecule is CCCCC[C@H](CC(=O)N1CCC(c2ccccc2)CC1)C(=O)N[C@H](C(=O)C[C@@H](C)C(=O)N[C@@H](CCCCC)C(=O)C[C@@H](C)B1O[C@@H]2C[C@@H]3C[C@@H](C3(C)C)[C@]2(C)O1)[C@@H](C)OC(C)(C)C. The summed E-state index contributed by atoms with van der Waals surface area (Å²) >= 11 is 0. The van der Waals surface area contributed by atoms with Gasteiger partial charge in [0.2, 0.25) is 17.7 Å². The molecule has 2 aliphatic heterocycles. The molecule has 0 radical (unpaired) electrons. The predicted molar refractivity (Wildman–Crippen MR) is 253 cm³/mol. The number of amides is 3. The molecule has 0 unspecified atom stereocenters. The van der Waals surface area contributed by atoms with Crippen LogP contribution in [-0.2, 0) is 38.0 Å². The van der Waals surface area contributed by atoms with Crippen molar-refractivity contribution in [2.75, 3.05) is 13.1 Å². The third-order valence-corrected chi connectivity index (χ3v) is 15.4. The van der Waals surface area contributed by atoms with Gasteiger partial charge in [-0.1, -0.05) is 110 Å². The molecule has 6 rings (SSSR count). The van der Waals surface area contributed by atoms with Gasteiger partial charge < -0.3 is 29.6 Å². The van der Waals surface area contributed by atoms with Gasteiger partial charge >= 0.3 is 7.12 Å². The zero-order valence-corrected chi connectivity index (χ0v) is 41.5. The highest BCUT2D eigenvalue weighted by Crippen LogP contribution is 2.66. The molecule has 64 heavy (non-hydrogen) atoms. The summed E-state index contributed by atoms with van der Waals surface area (Å²) in [6, 6.07) is 8.68. The first-order chi connectivity index (χ1) is 30.2. The number of ketones is 2. The van der Waals surface area contributed by atoms with E-state index in [1.165, 1.54) is 5.56 Å².